The second-order valence-electron chi connectivity index (χ2n) is 6.06. The number of hydrazone groups is 1. The quantitative estimate of drug-likeness (QED) is 0.245. The minimum atomic E-state index is -0.470. The molecule has 1 aliphatic heterocycles. The van der Waals surface area contributed by atoms with Crippen molar-refractivity contribution >= 4 is 29.0 Å². The summed E-state index contributed by atoms with van der Waals surface area (Å²) in [6.07, 6.45) is 0. The van der Waals surface area contributed by atoms with Gasteiger partial charge < -0.3 is 34.2 Å². The molecule has 1 amide bonds. The number of phenolic OH excluding ortho intramolecular Hbond substituents is 2. The third-order valence-corrected chi connectivity index (χ3v) is 4.48. The zero-order valence-corrected chi connectivity index (χ0v) is 17.8. The Balaban J connectivity index is 0.00000240. The van der Waals surface area contributed by atoms with Crippen molar-refractivity contribution in [3.63, 3.8) is 0 Å². The second kappa shape index (κ2) is 8.68. The predicted octanol–water partition coefficient (Wildman–Crippen LogP) is -0.527. The van der Waals surface area contributed by atoms with Crippen LogP contribution in [0.2, 0.25) is 5.02 Å². The number of carbonyl (C=O) groups is 1. The van der Waals surface area contributed by atoms with Crippen molar-refractivity contribution in [2.24, 2.45) is 5.10 Å². The number of amides is 1. The van der Waals surface area contributed by atoms with Crippen LogP contribution in [0.5, 0.6) is 11.5 Å². The molecular formula is C20H16ClIN4O3. The minimum absolute atomic E-state index is 0. The van der Waals surface area contributed by atoms with Gasteiger partial charge >= 0.3 is 5.91 Å². The lowest BCUT2D eigenvalue weighted by atomic mass is 10.2. The molecule has 0 bridgehead atoms. The molecule has 0 unspecified atom stereocenters. The maximum Gasteiger partial charge on any atom is 0.328 e. The molecule has 0 atom stereocenters. The number of amidine groups is 1. The number of nitrogens with two attached hydrogens (primary N) is 1. The number of aromatic hydroxyl groups is 2. The van der Waals surface area contributed by atoms with Crippen LogP contribution in [-0.4, -0.2) is 27.1 Å². The molecule has 1 heterocycles. The van der Waals surface area contributed by atoms with Gasteiger partial charge in [0.05, 0.1) is 11.3 Å². The molecule has 0 saturated carbocycles. The van der Waals surface area contributed by atoms with Gasteiger partial charge in [0.2, 0.25) is 0 Å². The van der Waals surface area contributed by atoms with E-state index in [1.54, 1.807) is 60.7 Å². The maximum absolute atomic E-state index is 13.1. The lowest BCUT2D eigenvalue weighted by Crippen LogP contribution is -3.00. The molecule has 29 heavy (non-hydrogen) atoms. The molecule has 0 spiro atoms. The first-order valence-electron chi connectivity index (χ1n) is 8.43. The monoisotopic (exact) mass is 522 g/mol. The van der Waals surface area contributed by atoms with E-state index < -0.39 is 5.91 Å². The van der Waals surface area contributed by atoms with E-state index in [1.807, 2.05) is 0 Å². The zero-order chi connectivity index (χ0) is 19.7. The summed E-state index contributed by atoms with van der Waals surface area (Å²) in [5.74, 6) is -0.155. The van der Waals surface area contributed by atoms with E-state index in [0.717, 1.165) is 0 Å². The molecule has 7 nitrogen and oxygen atoms in total. The summed E-state index contributed by atoms with van der Waals surface area (Å²) in [7, 11) is 0. The Morgan fingerprint density at radius 3 is 2.17 bits per heavy atom. The fourth-order valence-corrected chi connectivity index (χ4v) is 2.97. The number of phenols is 2. The van der Waals surface area contributed by atoms with Gasteiger partial charge in [0.15, 0.2) is 0 Å². The number of hydrogen-bond acceptors (Lipinski definition) is 5. The van der Waals surface area contributed by atoms with Crippen LogP contribution in [0, 0.1) is 0 Å². The van der Waals surface area contributed by atoms with Gasteiger partial charge in [-0.1, -0.05) is 46.1 Å². The van der Waals surface area contributed by atoms with Crippen LogP contribution in [0.1, 0.15) is 15.9 Å². The highest BCUT2D eigenvalue weighted by atomic mass is 127. The van der Waals surface area contributed by atoms with Gasteiger partial charge in [-0.05, 0) is 48.5 Å². The average molecular weight is 523 g/mol. The lowest BCUT2D eigenvalue weighted by molar-refractivity contribution is -0.681. The van der Waals surface area contributed by atoms with Crippen molar-refractivity contribution in [3.8, 4) is 11.5 Å². The van der Waals surface area contributed by atoms with Crippen molar-refractivity contribution in [1.82, 2.24) is 5.12 Å². The summed E-state index contributed by atoms with van der Waals surface area (Å²) >= 11 is 5.97. The second-order valence-corrected chi connectivity index (χ2v) is 6.50. The SMILES string of the molecule is O=C(c1ccccc1O)N1[NH2+]C(c2ccccc2O)=NN1c1ccc(Cl)cc1.[I-]. The summed E-state index contributed by atoms with van der Waals surface area (Å²) in [5.41, 5.74) is 2.72. The number of benzene rings is 3. The van der Waals surface area contributed by atoms with Crippen LogP contribution in [0.15, 0.2) is 77.9 Å². The fraction of sp³-hybridized carbons (Fsp3) is 0. The Morgan fingerprint density at radius 1 is 0.897 bits per heavy atom. The Labute approximate surface area is 188 Å². The van der Waals surface area contributed by atoms with Gasteiger partial charge in [0.1, 0.15) is 17.1 Å². The largest absolute Gasteiger partial charge is 1.00 e. The number of rotatable bonds is 3. The molecule has 0 fully saturated rings. The number of quaternary nitrogens is 1. The molecule has 0 aromatic heterocycles. The lowest BCUT2D eigenvalue weighted by Gasteiger charge is -2.22. The average Bonchev–Trinajstić information content (AvgIpc) is 3.14. The highest BCUT2D eigenvalue weighted by Crippen LogP contribution is 2.25. The molecule has 4 rings (SSSR count). The number of halogens is 2. The first-order valence-corrected chi connectivity index (χ1v) is 8.81. The fourth-order valence-electron chi connectivity index (χ4n) is 2.84. The summed E-state index contributed by atoms with van der Waals surface area (Å²) < 4.78 is 0. The highest BCUT2D eigenvalue weighted by molar-refractivity contribution is 6.30. The summed E-state index contributed by atoms with van der Waals surface area (Å²) in [6.45, 7) is 0. The predicted molar refractivity (Wildman–Crippen MR) is 105 cm³/mol. The highest BCUT2D eigenvalue weighted by Gasteiger charge is 2.37. The summed E-state index contributed by atoms with van der Waals surface area (Å²) in [4.78, 5) is 13.1. The number of hydrazine groups is 1. The molecule has 0 aliphatic carbocycles. The molecule has 148 valence electrons. The van der Waals surface area contributed by atoms with Crippen molar-refractivity contribution in [2.45, 2.75) is 0 Å². The minimum Gasteiger partial charge on any atom is -1.00 e. The van der Waals surface area contributed by atoms with Gasteiger partial charge in [0.25, 0.3) is 5.84 Å². The topological polar surface area (TPSA) is 93.0 Å². The number of hydrogen-bond donors (Lipinski definition) is 3. The molecule has 0 saturated heterocycles. The van der Waals surface area contributed by atoms with Crippen LogP contribution < -0.4 is 34.5 Å². The van der Waals surface area contributed by atoms with Crippen molar-refractivity contribution < 1.29 is 44.4 Å². The number of nitrogens with zero attached hydrogens (tertiary/aromatic N) is 3. The van der Waals surface area contributed by atoms with E-state index in [-0.39, 0.29) is 41.0 Å². The third kappa shape index (κ3) is 4.14. The molecule has 3 aromatic rings. The van der Waals surface area contributed by atoms with Gasteiger partial charge in [-0.15, -0.1) is 5.12 Å². The van der Waals surface area contributed by atoms with Crippen LogP contribution in [0.3, 0.4) is 0 Å². The van der Waals surface area contributed by atoms with E-state index in [2.05, 4.69) is 5.10 Å². The first kappa shape index (κ1) is 20.9. The third-order valence-electron chi connectivity index (χ3n) is 4.23. The molecule has 4 N–H and O–H groups in total. The molecule has 1 aliphatic rings. The van der Waals surface area contributed by atoms with Crippen LogP contribution in [-0.2, 0) is 0 Å². The van der Waals surface area contributed by atoms with Crippen LogP contribution in [0.25, 0.3) is 0 Å². The molecule has 0 radical (unpaired) electrons. The van der Waals surface area contributed by atoms with E-state index in [9.17, 15) is 15.0 Å². The van der Waals surface area contributed by atoms with E-state index in [1.165, 1.54) is 27.8 Å². The smallest absolute Gasteiger partial charge is 0.328 e. The van der Waals surface area contributed by atoms with Gasteiger partial charge in [0, 0.05) is 5.02 Å². The van der Waals surface area contributed by atoms with Crippen molar-refractivity contribution in [2.75, 3.05) is 5.12 Å². The Hall–Kier alpha value is -2.82. The Morgan fingerprint density at radius 2 is 1.52 bits per heavy atom. The van der Waals surface area contributed by atoms with E-state index in [4.69, 9.17) is 11.6 Å². The Bertz CT molecular complexity index is 1080. The maximum atomic E-state index is 13.1. The summed E-state index contributed by atoms with van der Waals surface area (Å²) in [6, 6.07) is 19.8. The van der Waals surface area contributed by atoms with Crippen LogP contribution >= 0.6 is 11.6 Å². The zero-order valence-electron chi connectivity index (χ0n) is 14.9. The number of carbonyl (C=O) groups excluding carboxylic acids is 1. The van der Waals surface area contributed by atoms with E-state index >= 15 is 0 Å². The standard InChI is InChI=1S/C20H15ClN4O3.HI/c21-13-9-11-14(12-10-13)24-22-19(15-5-1-3-7-17(15)26)23-25(24)20(28)16-6-2-4-8-18(16)27;/h1-12,26-27H,(H,22,23);1H. The van der Waals surface area contributed by atoms with Crippen LogP contribution in [0.4, 0.5) is 5.69 Å². The van der Waals surface area contributed by atoms with Gasteiger partial charge in [-0.3, -0.25) is 4.79 Å². The van der Waals surface area contributed by atoms with Gasteiger partial charge in [-0.25, -0.2) is 0 Å². The number of anilines is 1. The normalized spacial score (nSPS) is 13.1. The number of para-hydroxylation sites is 2. The Kier molecular flexibility index (Phi) is 6.26. The molecule has 9 heteroatoms. The van der Waals surface area contributed by atoms with Crippen molar-refractivity contribution in [3.05, 3.63) is 88.9 Å². The molecule has 3 aromatic carbocycles. The first-order chi connectivity index (χ1) is 13.5. The van der Waals surface area contributed by atoms with Gasteiger partial charge in [-0.2, -0.15) is 5.43 Å². The van der Waals surface area contributed by atoms with E-state index in [0.29, 0.717) is 22.1 Å². The molecular weight excluding hydrogens is 507 g/mol. The van der Waals surface area contributed by atoms with Crippen molar-refractivity contribution in [1.29, 1.82) is 0 Å². The summed E-state index contributed by atoms with van der Waals surface area (Å²) in [5, 5.41) is 28.0.